The van der Waals surface area contributed by atoms with Crippen LogP contribution in [0.2, 0.25) is 5.02 Å². The first kappa shape index (κ1) is 17.8. The number of fused-ring (bicyclic) bond motifs is 5. The van der Waals surface area contributed by atoms with Gasteiger partial charge in [0, 0.05) is 20.8 Å². The molecule has 0 N–H and O–H groups in total. The summed E-state index contributed by atoms with van der Waals surface area (Å²) in [5, 5.41) is 2.78. The molecule has 0 atom stereocenters. The SMILES string of the molecule is Clc1c(Br)cccc1-n1c(-c2ccccc2)nc2c3oc4ccccc4c3ccc21. The third kappa shape index (κ3) is 2.54. The number of rotatable bonds is 2. The molecule has 0 fully saturated rings. The molecule has 144 valence electrons. The van der Waals surface area contributed by atoms with Crippen molar-refractivity contribution >= 4 is 60.5 Å². The van der Waals surface area contributed by atoms with Gasteiger partial charge in [-0.3, -0.25) is 4.57 Å². The molecule has 6 rings (SSSR count). The van der Waals surface area contributed by atoms with Crippen molar-refractivity contribution in [3.8, 4) is 17.1 Å². The lowest BCUT2D eigenvalue weighted by Gasteiger charge is -2.12. The van der Waals surface area contributed by atoms with E-state index in [0.717, 1.165) is 54.5 Å². The molecule has 0 amide bonds. The molecule has 0 bridgehead atoms. The van der Waals surface area contributed by atoms with Gasteiger partial charge in [-0.15, -0.1) is 0 Å². The molecule has 0 saturated carbocycles. The Balaban J connectivity index is 1.78. The monoisotopic (exact) mass is 472 g/mol. The second kappa shape index (κ2) is 6.73. The molecular weight excluding hydrogens is 460 g/mol. The van der Waals surface area contributed by atoms with Gasteiger partial charge in [-0.1, -0.05) is 66.2 Å². The summed E-state index contributed by atoms with van der Waals surface area (Å²) in [5.74, 6) is 0.818. The van der Waals surface area contributed by atoms with Crippen molar-refractivity contribution in [1.82, 2.24) is 9.55 Å². The van der Waals surface area contributed by atoms with Gasteiger partial charge in [0.25, 0.3) is 0 Å². The molecule has 0 spiro atoms. The minimum atomic E-state index is 0.638. The summed E-state index contributed by atoms with van der Waals surface area (Å²) in [6, 6.07) is 28.3. The maximum Gasteiger partial charge on any atom is 0.163 e. The van der Waals surface area contributed by atoms with Crippen LogP contribution in [0.4, 0.5) is 0 Å². The van der Waals surface area contributed by atoms with Gasteiger partial charge in [0.1, 0.15) is 16.9 Å². The van der Waals surface area contributed by atoms with Crippen LogP contribution in [0.25, 0.3) is 50.0 Å². The smallest absolute Gasteiger partial charge is 0.163 e. The summed E-state index contributed by atoms with van der Waals surface area (Å²) >= 11 is 10.3. The number of hydrogen-bond acceptors (Lipinski definition) is 2. The number of nitrogens with zero attached hydrogens (tertiary/aromatic N) is 2. The van der Waals surface area contributed by atoms with Crippen LogP contribution in [0, 0.1) is 0 Å². The van der Waals surface area contributed by atoms with Crippen molar-refractivity contribution in [1.29, 1.82) is 0 Å². The van der Waals surface area contributed by atoms with Crippen LogP contribution in [0.3, 0.4) is 0 Å². The summed E-state index contributed by atoms with van der Waals surface area (Å²) in [4.78, 5) is 5.05. The predicted molar refractivity (Wildman–Crippen MR) is 126 cm³/mol. The molecule has 30 heavy (non-hydrogen) atoms. The van der Waals surface area contributed by atoms with E-state index in [1.807, 2.05) is 54.6 Å². The first-order valence-electron chi connectivity index (χ1n) is 9.55. The Bertz CT molecular complexity index is 1570. The predicted octanol–water partition coefficient (Wildman–Crippen LogP) is 8.01. The Morgan fingerprint density at radius 3 is 2.47 bits per heavy atom. The average molecular weight is 474 g/mol. The Kier molecular flexibility index (Phi) is 3.98. The highest BCUT2D eigenvalue weighted by molar-refractivity contribution is 9.10. The highest BCUT2D eigenvalue weighted by Crippen LogP contribution is 2.39. The highest BCUT2D eigenvalue weighted by Gasteiger charge is 2.21. The van der Waals surface area contributed by atoms with Crippen molar-refractivity contribution in [2.75, 3.05) is 0 Å². The summed E-state index contributed by atoms with van der Waals surface area (Å²) in [5.41, 5.74) is 5.28. The maximum absolute atomic E-state index is 6.71. The molecule has 3 nitrogen and oxygen atoms in total. The van der Waals surface area contributed by atoms with Gasteiger partial charge in [0.2, 0.25) is 0 Å². The van der Waals surface area contributed by atoms with E-state index < -0.39 is 0 Å². The molecule has 0 unspecified atom stereocenters. The topological polar surface area (TPSA) is 31.0 Å². The van der Waals surface area contributed by atoms with Crippen molar-refractivity contribution in [3.63, 3.8) is 0 Å². The standard InChI is InChI=1S/C25H14BrClN2O/c26-18-10-6-11-19(22(18)27)29-20-14-13-17-16-9-4-5-12-21(16)30-24(17)23(20)28-25(29)15-7-2-1-3-8-15/h1-14H. The van der Waals surface area contributed by atoms with E-state index in [1.54, 1.807) is 0 Å². The van der Waals surface area contributed by atoms with E-state index in [1.165, 1.54) is 0 Å². The van der Waals surface area contributed by atoms with Crippen LogP contribution in [0.15, 0.2) is 93.8 Å². The molecular formula is C25H14BrClN2O. The van der Waals surface area contributed by atoms with Crippen LogP contribution >= 0.6 is 27.5 Å². The lowest BCUT2D eigenvalue weighted by molar-refractivity contribution is 0.672. The Morgan fingerprint density at radius 1 is 0.800 bits per heavy atom. The fourth-order valence-electron chi connectivity index (χ4n) is 4.01. The van der Waals surface area contributed by atoms with E-state index in [0.29, 0.717) is 5.02 Å². The van der Waals surface area contributed by atoms with Crippen LogP contribution in [-0.2, 0) is 0 Å². The van der Waals surface area contributed by atoms with E-state index >= 15 is 0 Å². The van der Waals surface area contributed by atoms with Gasteiger partial charge in [0.05, 0.1) is 16.2 Å². The minimum absolute atomic E-state index is 0.638. The lowest BCUT2D eigenvalue weighted by atomic mass is 10.1. The number of aromatic nitrogens is 2. The minimum Gasteiger partial charge on any atom is -0.454 e. The summed E-state index contributed by atoms with van der Waals surface area (Å²) in [6.45, 7) is 0. The number of para-hydroxylation sites is 1. The van der Waals surface area contributed by atoms with Gasteiger partial charge in [0.15, 0.2) is 5.58 Å². The summed E-state index contributed by atoms with van der Waals surface area (Å²) < 4.78 is 9.18. The molecule has 0 aliphatic rings. The fourth-order valence-corrected chi connectivity index (χ4v) is 4.58. The summed E-state index contributed by atoms with van der Waals surface area (Å²) in [7, 11) is 0. The van der Waals surface area contributed by atoms with Gasteiger partial charge >= 0.3 is 0 Å². The van der Waals surface area contributed by atoms with E-state index in [2.05, 4.69) is 50.8 Å². The quantitative estimate of drug-likeness (QED) is 0.255. The molecule has 0 aliphatic heterocycles. The first-order valence-corrected chi connectivity index (χ1v) is 10.7. The molecule has 0 radical (unpaired) electrons. The second-order valence-electron chi connectivity index (χ2n) is 7.12. The van der Waals surface area contributed by atoms with E-state index in [9.17, 15) is 0 Å². The van der Waals surface area contributed by atoms with Gasteiger partial charge in [-0.25, -0.2) is 4.98 Å². The average Bonchev–Trinajstić information content (AvgIpc) is 3.35. The molecule has 4 aromatic carbocycles. The van der Waals surface area contributed by atoms with Crippen molar-refractivity contribution in [2.24, 2.45) is 0 Å². The molecule has 2 aromatic heterocycles. The highest BCUT2D eigenvalue weighted by atomic mass is 79.9. The van der Waals surface area contributed by atoms with Crippen LogP contribution in [0.5, 0.6) is 0 Å². The van der Waals surface area contributed by atoms with Crippen molar-refractivity contribution in [2.45, 2.75) is 0 Å². The zero-order chi connectivity index (χ0) is 20.2. The zero-order valence-electron chi connectivity index (χ0n) is 15.6. The number of imidazole rings is 1. The lowest BCUT2D eigenvalue weighted by Crippen LogP contribution is -1.98. The van der Waals surface area contributed by atoms with Crippen LogP contribution in [-0.4, -0.2) is 9.55 Å². The normalized spacial score (nSPS) is 11.7. The molecule has 5 heteroatoms. The van der Waals surface area contributed by atoms with Crippen LogP contribution < -0.4 is 0 Å². The molecule has 6 aromatic rings. The maximum atomic E-state index is 6.71. The largest absolute Gasteiger partial charge is 0.454 e. The molecule has 0 aliphatic carbocycles. The Hall–Kier alpha value is -3.08. The van der Waals surface area contributed by atoms with Gasteiger partial charge < -0.3 is 4.42 Å². The summed E-state index contributed by atoms with van der Waals surface area (Å²) in [6.07, 6.45) is 0. The van der Waals surface area contributed by atoms with Crippen molar-refractivity contribution in [3.05, 3.63) is 94.4 Å². The zero-order valence-corrected chi connectivity index (χ0v) is 18.0. The Morgan fingerprint density at radius 2 is 1.60 bits per heavy atom. The van der Waals surface area contributed by atoms with Gasteiger partial charge in [-0.2, -0.15) is 0 Å². The van der Waals surface area contributed by atoms with E-state index in [4.69, 9.17) is 21.0 Å². The van der Waals surface area contributed by atoms with Gasteiger partial charge in [-0.05, 0) is 46.3 Å². The molecule has 0 saturated heterocycles. The number of furan rings is 1. The number of benzene rings is 4. The first-order chi connectivity index (χ1) is 14.7. The number of halogens is 2. The third-order valence-corrected chi connectivity index (χ3v) is 6.66. The molecule has 2 heterocycles. The fraction of sp³-hybridized carbons (Fsp3) is 0. The number of hydrogen-bond donors (Lipinski definition) is 0. The van der Waals surface area contributed by atoms with Crippen molar-refractivity contribution < 1.29 is 4.42 Å². The van der Waals surface area contributed by atoms with Crippen LogP contribution in [0.1, 0.15) is 0 Å². The third-order valence-electron chi connectivity index (χ3n) is 5.37. The second-order valence-corrected chi connectivity index (χ2v) is 8.35. The Labute approximate surface area is 185 Å². The van der Waals surface area contributed by atoms with E-state index in [-0.39, 0.29) is 0 Å².